The number of carbonyl (C=O) groups is 1. The number of rotatable bonds is 6. The normalized spacial score (nSPS) is 23.8. The molecule has 5 rings (SSSR count). The number of benzene rings is 1. The number of nitrogens with one attached hydrogen (secondary N) is 1. The van der Waals surface area contributed by atoms with Crippen molar-refractivity contribution in [3.63, 3.8) is 0 Å². The number of likely N-dealkylation sites (tertiary alicyclic amines) is 1. The number of amides is 1. The number of anilines is 1. The second-order valence-electron chi connectivity index (χ2n) is 9.90. The number of hydrogen-bond donors (Lipinski definition) is 3. The molecule has 2 saturated heterocycles. The van der Waals surface area contributed by atoms with Crippen LogP contribution < -0.4 is 15.8 Å². The van der Waals surface area contributed by atoms with Crippen LogP contribution >= 0.6 is 0 Å². The third kappa shape index (κ3) is 4.61. The number of aliphatic hydroxyl groups is 1. The molecule has 4 N–H and O–H groups in total. The number of piperidine rings is 1. The lowest BCUT2D eigenvalue weighted by Gasteiger charge is -2.51. The highest BCUT2D eigenvalue weighted by Crippen LogP contribution is 2.44. The Morgan fingerprint density at radius 3 is 2.86 bits per heavy atom. The van der Waals surface area contributed by atoms with Crippen molar-refractivity contribution in [1.82, 2.24) is 29.7 Å². The van der Waals surface area contributed by atoms with Gasteiger partial charge >= 0.3 is 0 Å². The monoisotopic (exact) mass is 495 g/mol. The molecule has 0 bridgehead atoms. The summed E-state index contributed by atoms with van der Waals surface area (Å²) in [6.07, 6.45) is 4.78. The van der Waals surface area contributed by atoms with Gasteiger partial charge in [0.25, 0.3) is 5.91 Å². The van der Waals surface area contributed by atoms with E-state index in [4.69, 9.17) is 15.2 Å². The van der Waals surface area contributed by atoms with Gasteiger partial charge in [-0.2, -0.15) is 0 Å². The third-order valence-electron chi connectivity index (χ3n) is 7.33. The van der Waals surface area contributed by atoms with Gasteiger partial charge in [0.05, 0.1) is 30.2 Å². The molecular weight excluding hydrogens is 462 g/mol. The summed E-state index contributed by atoms with van der Waals surface area (Å²) < 4.78 is 14.0. The average Bonchev–Trinajstić information content (AvgIpc) is 3.29. The highest BCUT2D eigenvalue weighted by Gasteiger charge is 2.50. The van der Waals surface area contributed by atoms with Crippen LogP contribution in [-0.4, -0.2) is 86.5 Å². The number of nitrogens with two attached hydrogens (primary N) is 1. The van der Waals surface area contributed by atoms with Crippen LogP contribution in [0.15, 0.2) is 36.9 Å². The Kier molecular flexibility index (Phi) is 6.54. The van der Waals surface area contributed by atoms with Crippen molar-refractivity contribution in [2.45, 2.75) is 43.4 Å². The van der Waals surface area contributed by atoms with Gasteiger partial charge in [-0.15, -0.1) is 0 Å². The van der Waals surface area contributed by atoms with Crippen LogP contribution in [0.2, 0.25) is 0 Å². The number of carbonyl (C=O) groups excluding carboxylic acids is 1. The zero-order valence-corrected chi connectivity index (χ0v) is 20.7. The van der Waals surface area contributed by atoms with E-state index >= 15 is 0 Å². The van der Waals surface area contributed by atoms with Crippen LogP contribution in [0.25, 0.3) is 11.2 Å². The van der Waals surface area contributed by atoms with Gasteiger partial charge in [-0.3, -0.25) is 4.79 Å². The van der Waals surface area contributed by atoms with Gasteiger partial charge in [0, 0.05) is 31.6 Å². The maximum atomic E-state index is 13.2. The Hall–Kier alpha value is -3.28. The molecule has 11 heteroatoms. The summed E-state index contributed by atoms with van der Waals surface area (Å²) in [7, 11) is 1.87. The second kappa shape index (κ2) is 9.64. The lowest BCUT2D eigenvalue weighted by molar-refractivity contribution is -0.194. The van der Waals surface area contributed by atoms with E-state index in [1.54, 1.807) is 12.4 Å². The number of hydrogen-bond acceptors (Lipinski definition) is 9. The first-order valence-electron chi connectivity index (χ1n) is 12.3. The van der Waals surface area contributed by atoms with Crippen LogP contribution in [0.5, 0.6) is 5.75 Å². The van der Waals surface area contributed by atoms with E-state index in [0.29, 0.717) is 73.9 Å². The van der Waals surface area contributed by atoms with E-state index < -0.39 is 11.2 Å². The molecule has 11 nitrogen and oxygen atoms in total. The largest absolute Gasteiger partial charge is 0.492 e. The highest BCUT2D eigenvalue weighted by atomic mass is 16.5. The van der Waals surface area contributed by atoms with Crippen LogP contribution in [0.1, 0.15) is 42.6 Å². The standard InChI is InChI=1S/C25H33N7O4/c1-24(34)14-25(36-13-19(24)32-16-30-20-21(26)28-15-29-22(20)32)6-9-31(10-7-25)23(33)17-4-3-5-18(12-17)35-11-8-27-2/h3-5,12,15-16,19,27,34H,6-11,13-14H2,1-2H3,(H2,26,28,29)/t19-,24-/m1/s1. The van der Waals surface area contributed by atoms with Gasteiger partial charge in [0.1, 0.15) is 24.2 Å². The predicted octanol–water partition coefficient (Wildman–Crippen LogP) is 1.39. The number of fused-ring (bicyclic) bond motifs is 1. The van der Waals surface area contributed by atoms with Gasteiger partial charge in [-0.1, -0.05) is 6.07 Å². The fraction of sp³-hybridized carbons (Fsp3) is 0.520. The number of nitrogen functional groups attached to an aromatic ring is 1. The molecule has 0 saturated carbocycles. The summed E-state index contributed by atoms with van der Waals surface area (Å²) in [5.74, 6) is 0.964. The molecule has 1 spiro atoms. The highest BCUT2D eigenvalue weighted by molar-refractivity contribution is 5.94. The number of ether oxygens (including phenoxy) is 2. The van der Waals surface area contributed by atoms with E-state index in [2.05, 4.69) is 20.3 Å². The molecule has 4 heterocycles. The van der Waals surface area contributed by atoms with E-state index in [9.17, 15) is 9.90 Å². The third-order valence-corrected chi connectivity index (χ3v) is 7.33. The molecule has 192 valence electrons. The SMILES string of the molecule is CNCCOc1cccc(C(=O)N2CCC3(CC2)C[C@@](C)(O)[C@H](n2cnc4c(N)ncnc42)CO3)c1. The summed E-state index contributed by atoms with van der Waals surface area (Å²) in [5, 5.41) is 14.6. The van der Waals surface area contributed by atoms with Crippen molar-refractivity contribution >= 4 is 22.9 Å². The molecule has 2 atom stereocenters. The Bertz CT molecular complexity index is 1240. The zero-order valence-electron chi connectivity index (χ0n) is 20.7. The molecule has 1 amide bonds. The molecule has 1 aromatic carbocycles. The van der Waals surface area contributed by atoms with E-state index in [1.807, 2.05) is 41.6 Å². The average molecular weight is 496 g/mol. The first kappa shape index (κ1) is 24.4. The minimum atomic E-state index is -1.06. The van der Waals surface area contributed by atoms with Crippen molar-refractivity contribution in [2.75, 3.05) is 45.6 Å². The molecular formula is C25H33N7O4. The molecule has 2 fully saturated rings. The van der Waals surface area contributed by atoms with Crippen molar-refractivity contribution in [3.05, 3.63) is 42.5 Å². The minimum Gasteiger partial charge on any atom is -0.492 e. The Balaban J connectivity index is 1.24. The van der Waals surface area contributed by atoms with Crippen molar-refractivity contribution < 1.29 is 19.4 Å². The van der Waals surface area contributed by atoms with Crippen molar-refractivity contribution in [2.24, 2.45) is 0 Å². The van der Waals surface area contributed by atoms with Crippen molar-refractivity contribution in [3.8, 4) is 5.75 Å². The lowest BCUT2D eigenvalue weighted by atomic mass is 9.75. The molecule has 0 aliphatic carbocycles. The minimum absolute atomic E-state index is 0.0217. The second-order valence-corrected chi connectivity index (χ2v) is 9.90. The topological polar surface area (TPSA) is 141 Å². The molecule has 2 aliphatic rings. The zero-order chi connectivity index (χ0) is 25.3. The van der Waals surface area contributed by atoms with E-state index in [-0.39, 0.29) is 11.9 Å². The Labute approximate surface area is 209 Å². The van der Waals surface area contributed by atoms with Crippen LogP contribution in [0.4, 0.5) is 5.82 Å². The van der Waals surface area contributed by atoms with Crippen LogP contribution in [0.3, 0.4) is 0 Å². The number of aromatic nitrogens is 4. The Morgan fingerprint density at radius 1 is 1.31 bits per heavy atom. The van der Waals surface area contributed by atoms with Gasteiger partial charge in [-0.05, 0) is 45.0 Å². The Morgan fingerprint density at radius 2 is 2.11 bits per heavy atom. The molecule has 2 aliphatic heterocycles. The predicted molar refractivity (Wildman–Crippen MR) is 134 cm³/mol. The first-order valence-corrected chi connectivity index (χ1v) is 12.3. The van der Waals surface area contributed by atoms with Gasteiger partial charge in [0.2, 0.25) is 0 Å². The molecule has 2 aromatic heterocycles. The smallest absolute Gasteiger partial charge is 0.253 e. The fourth-order valence-electron chi connectivity index (χ4n) is 5.35. The summed E-state index contributed by atoms with van der Waals surface area (Å²) in [4.78, 5) is 27.7. The maximum Gasteiger partial charge on any atom is 0.253 e. The van der Waals surface area contributed by atoms with Gasteiger partial charge in [0.15, 0.2) is 11.5 Å². The first-order chi connectivity index (χ1) is 17.3. The number of likely N-dealkylation sites (N-methyl/N-ethyl adjacent to an activating group) is 1. The number of imidazole rings is 1. The molecule has 0 radical (unpaired) electrons. The van der Waals surface area contributed by atoms with Gasteiger partial charge < -0.3 is 35.1 Å². The number of nitrogens with zero attached hydrogens (tertiary/aromatic N) is 5. The summed E-state index contributed by atoms with van der Waals surface area (Å²) in [5.41, 5.74) is 6.08. The van der Waals surface area contributed by atoms with Crippen LogP contribution in [0, 0.1) is 0 Å². The summed E-state index contributed by atoms with van der Waals surface area (Å²) >= 11 is 0. The van der Waals surface area contributed by atoms with E-state index in [0.717, 1.165) is 6.54 Å². The molecule has 3 aromatic rings. The summed E-state index contributed by atoms with van der Waals surface area (Å²) in [6.45, 7) is 4.52. The molecule has 36 heavy (non-hydrogen) atoms. The maximum absolute atomic E-state index is 13.2. The van der Waals surface area contributed by atoms with Crippen LogP contribution in [-0.2, 0) is 4.74 Å². The fourth-order valence-corrected chi connectivity index (χ4v) is 5.35. The van der Waals surface area contributed by atoms with Gasteiger partial charge in [-0.25, -0.2) is 15.0 Å². The van der Waals surface area contributed by atoms with Crippen molar-refractivity contribution in [1.29, 1.82) is 0 Å². The molecule has 0 unspecified atom stereocenters. The lowest BCUT2D eigenvalue weighted by Crippen LogP contribution is -2.57. The quantitative estimate of drug-likeness (QED) is 0.433. The van der Waals surface area contributed by atoms with E-state index in [1.165, 1.54) is 6.33 Å². The summed E-state index contributed by atoms with van der Waals surface area (Å²) in [6, 6.07) is 6.94.